The fraction of sp³-hybridized carbons (Fsp3) is 0.136. The van der Waals surface area contributed by atoms with Crippen LogP contribution in [0.5, 0.6) is 0 Å². The molecule has 0 radical (unpaired) electrons. The van der Waals surface area contributed by atoms with E-state index in [4.69, 9.17) is 0 Å². The van der Waals surface area contributed by atoms with Gasteiger partial charge in [-0.2, -0.15) is 0 Å². The Kier molecular flexibility index (Phi) is 5.26. The van der Waals surface area contributed by atoms with Gasteiger partial charge >= 0.3 is 0 Å². The van der Waals surface area contributed by atoms with Crippen LogP contribution in [0, 0.1) is 11.6 Å². The number of carbonyl (C=O) groups is 1. The van der Waals surface area contributed by atoms with Crippen LogP contribution in [-0.2, 0) is 10.0 Å². The molecule has 1 aliphatic rings. The molecule has 0 bridgehead atoms. The first-order valence-corrected chi connectivity index (χ1v) is 10.9. The molecule has 0 spiro atoms. The number of sulfonamides is 1. The van der Waals surface area contributed by atoms with Crippen molar-refractivity contribution in [2.45, 2.75) is 6.42 Å². The minimum Gasteiger partial charge on any atom is -0.319 e. The van der Waals surface area contributed by atoms with Crippen molar-refractivity contribution in [2.75, 3.05) is 21.9 Å². The van der Waals surface area contributed by atoms with Crippen LogP contribution in [0.3, 0.4) is 0 Å². The van der Waals surface area contributed by atoms with Crippen molar-refractivity contribution in [1.29, 1.82) is 0 Å². The monoisotopic (exact) mass is 428 g/mol. The maximum Gasteiger partial charge on any atom is 0.255 e. The van der Waals surface area contributed by atoms with E-state index < -0.39 is 27.6 Å². The van der Waals surface area contributed by atoms with E-state index in [1.807, 2.05) is 0 Å². The summed E-state index contributed by atoms with van der Waals surface area (Å²) in [5.41, 5.74) is 1.35. The molecule has 3 aromatic carbocycles. The highest BCUT2D eigenvalue weighted by Crippen LogP contribution is 2.32. The number of anilines is 2. The molecule has 0 aromatic heterocycles. The van der Waals surface area contributed by atoms with E-state index in [1.54, 1.807) is 30.3 Å². The summed E-state index contributed by atoms with van der Waals surface area (Å²) in [5, 5.41) is 2.51. The van der Waals surface area contributed by atoms with E-state index >= 15 is 0 Å². The fourth-order valence-electron chi connectivity index (χ4n) is 3.44. The number of nitrogens with zero attached hydrogens (tertiary/aromatic N) is 1. The lowest BCUT2D eigenvalue weighted by Crippen LogP contribution is -2.25. The number of amides is 1. The summed E-state index contributed by atoms with van der Waals surface area (Å²) in [7, 11) is -3.32. The molecule has 1 N–H and O–H groups in total. The zero-order chi connectivity index (χ0) is 21.3. The molecule has 4 rings (SSSR count). The summed E-state index contributed by atoms with van der Waals surface area (Å²) in [4.78, 5) is 12.7. The Hall–Kier alpha value is -3.26. The molecule has 1 fully saturated rings. The summed E-state index contributed by atoms with van der Waals surface area (Å²) in [6.07, 6.45) is 0.552. The van der Waals surface area contributed by atoms with Gasteiger partial charge in [0.2, 0.25) is 10.0 Å². The number of rotatable bonds is 4. The van der Waals surface area contributed by atoms with Gasteiger partial charge in [-0.05, 0) is 42.3 Å². The third-order valence-corrected chi connectivity index (χ3v) is 6.76. The number of carbonyl (C=O) groups excluding carboxylic acids is 1. The Morgan fingerprint density at radius 1 is 0.967 bits per heavy atom. The standard InChI is InChI=1S/C22H18F2N2O3S/c23-17-13-19(15-5-2-1-3-6-15)21(20(24)14-17)25-22(27)16-7-9-18(10-8-16)26-11-4-12-30(26,28)29/h1-3,5-10,13-14H,4,11-12H2,(H,25,27). The highest BCUT2D eigenvalue weighted by atomic mass is 32.2. The summed E-state index contributed by atoms with van der Waals surface area (Å²) >= 11 is 0. The number of nitrogens with one attached hydrogen (secondary N) is 1. The quantitative estimate of drug-likeness (QED) is 0.669. The molecular weight excluding hydrogens is 410 g/mol. The number of hydrogen-bond acceptors (Lipinski definition) is 3. The molecule has 8 heteroatoms. The van der Waals surface area contributed by atoms with Gasteiger partial charge in [0, 0.05) is 23.7 Å². The maximum absolute atomic E-state index is 14.5. The molecule has 5 nitrogen and oxygen atoms in total. The first-order chi connectivity index (χ1) is 14.3. The van der Waals surface area contributed by atoms with Crippen LogP contribution < -0.4 is 9.62 Å². The highest BCUT2D eigenvalue weighted by Gasteiger charge is 2.28. The second kappa shape index (κ2) is 7.87. The smallest absolute Gasteiger partial charge is 0.255 e. The minimum absolute atomic E-state index is 0.0986. The maximum atomic E-state index is 14.5. The number of benzene rings is 3. The SMILES string of the molecule is O=C(Nc1c(F)cc(F)cc1-c1ccccc1)c1ccc(N2CCCS2(=O)=O)cc1. The first-order valence-electron chi connectivity index (χ1n) is 9.31. The molecule has 0 atom stereocenters. The Morgan fingerprint density at radius 3 is 2.30 bits per heavy atom. The molecule has 0 aliphatic carbocycles. The van der Waals surface area contributed by atoms with Crippen molar-refractivity contribution in [3.8, 4) is 11.1 Å². The van der Waals surface area contributed by atoms with Gasteiger partial charge in [0.15, 0.2) is 0 Å². The Labute approximate surface area is 173 Å². The molecule has 1 amide bonds. The highest BCUT2D eigenvalue weighted by molar-refractivity contribution is 7.93. The van der Waals surface area contributed by atoms with Crippen molar-refractivity contribution in [1.82, 2.24) is 0 Å². The lowest BCUT2D eigenvalue weighted by molar-refractivity contribution is 0.102. The molecule has 0 saturated carbocycles. The Balaban J connectivity index is 1.62. The summed E-state index contributed by atoms with van der Waals surface area (Å²) < 4.78 is 53.7. The molecule has 0 unspecified atom stereocenters. The normalized spacial score (nSPS) is 15.2. The van der Waals surface area contributed by atoms with E-state index in [-0.39, 0.29) is 22.6 Å². The van der Waals surface area contributed by atoms with Crippen LogP contribution >= 0.6 is 0 Å². The van der Waals surface area contributed by atoms with Gasteiger partial charge in [-0.15, -0.1) is 0 Å². The molecule has 1 saturated heterocycles. The van der Waals surface area contributed by atoms with Crippen LogP contribution in [0.1, 0.15) is 16.8 Å². The lowest BCUT2D eigenvalue weighted by atomic mass is 10.0. The largest absolute Gasteiger partial charge is 0.319 e. The van der Waals surface area contributed by atoms with E-state index in [0.717, 1.165) is 6.07 Å². The summed E-state index contributed by atoms with van der Waals surface area (Å²) in [6.45, 7) is 0.398. The second-order valence-corrected chi connectivity index (χ2v) is 8.93. The second-order valence-electron chi connectivity index (χ2n) is 6.92. The molecule has 154 valence electrons. The topological polar surface area (TPSA) is 66.5 Å². The van der Waals surface area contributed by atoms with Crippen molar-refractivity contribution in [3.63, 3.8) is 0 Å². The minimum atomic E-state index is -3.32. The van der Waals surface area contributed by atoms with E-state index in [9.17, 15) is 22.0 Å². The van der Waals surface area contributed by atoms with Gasteiger partial charge in [0.1, 0.15) is 11.6 Å². The van der Waals surface area contributed by atoms with Crippen LogP contribution in [0.4, 0.5) is 20.2 Å². The van der Waals surface area contributed by atoms with Gasteiger partial charge < -0.3 is 5.32 Å². The van der Waals surface area contributed by atoms with E-state index in [2.05, 4.69) is 5.32 Å². The van der Waals surface area contributed by atoms with Gasteiger partial charge in [0.05, 0.1) is 17.1 Å². The molecular formula is C22H18F2N2O3S. The van der Waals surface area contributed by atoms with Gasteiger partial charge in [-0.3, -0.25) is 9.10 Å². The van der Waals surface area contributed by atoms with Crippen molar-refractivity contribution in [2.24, 2.45) is 0 Å². The van der Waals surface area contributed by atoms with Gasteiger partial charge in [-0.1, -0.05) is 30.3 Å². The van der Waals surface area contributed by atoms with Gasteiger partial charge in [-0.25, -0.2) is 17.2 Å². The van der Waals surface area contributed by atoms with E-state index in [1.165, 1.54) is 28.6 Å². The van der Waals surface area contributed by atoms with Gasteiger partial charge in [0.25, 0.3) is 5.91 Å². The molecule has 1 heterocycles. The van der Waals surface area contributed by atoms with Crippen LogP contribution in [0.15, 0.2) is 66.7 Å². The van der Waals surface area contributed by atoms with Crippen LogP contribution in [-0.4, -0.2) is 26.6 Å². The van der Waals surface area contributed by atoms with Crippen LogP contribution in [0.2, 0.25) is 0 Å². The lowest BCUT2D eigenvalue weighted by Gasteiger charge is -2.17. The average molecular weight is 428 g/mol. The van der Waals surface area contributed by atoms with E-state index in [0.29, 0.717) is 30.3 Å². The predicted octanol–water partition coefficient (Wildman–Crippen LogP) is 4.42. The Morgan fingerprint density at radius 2 is 1.67 bits per heavy atom. The first kappa shape index (κ1) is 20.0. The zero-order valence-electron chi connectivity index (χ0n) is 15.8. The number of halogens is 2. The number of hydrogen-bond donors (Lipinski definition) is 1. The molecule has 1 aliphatic heterocycles. The van der Waals surface area contributed by atoms with Crippen molar-refractivity contribution < 1.29 is 22.0 Å². The third-order valence-electron chi connectivity index (χ3n) is 4.90. The summed E-state index contributed by atoms with van der Waals surface area (Å²) in [5.74, 6) is -2.13. The third kappa shape index (κ3) is 3.91. The zero-order valence-corrected chi connectivity index (χ0v) is 16.6. The Bertz CT molecular complexity index is 1200. The predicted molar refractivity (Wildman–Crippen MR) is 112 cm³/mol. The molecule has 30 heavy (non-hydrogen) atoms. The van der Waals surface area contributed by atoms with Crippen molar-refractivity contribution in [3.05, 3.63) is 83.9 Å². The van der Waals surface area contributed by atoms with Crippen molar-refractivity contribution >= 4 is 27.3 Å². The summed E-state index contributed by atoms with van der Waals surface area (Å²) in [6, 6.07) is 16.5. The fourth-order valence-corrected chi connectivity index (χ4v) is 5.00. The van der Waals surface area contributed by atoms with Crippen LogP contribution in [0.25, 0.3) is 11.1 Å². The molecule has 3 aromatic rings. The average Bonchev–Trinajstić information content (AvgIpc) is 3.09.